The van der Waals surface area contributed by atoms with Gasteiger partial charge in [0.25, 0.3) is 17.7 Å². The van der Waals surface area contributed by atoms with Gasteiger partial charge in [-0.15, -0.1) is 0 Å². The number of nitrogens with one attached hydrogen (secondary N) is 3. The van der Waals surface area contributed by atoms with Crippen LogP contribution in [0, 0.1) is 5.82 Å². The van der Waals surface area contributed by atoms with Crippen LogP contribution in [0.5, 0.6) is 5.75 Å². The number of carbonyl (C=O) groups excluding carboxylic acids is 3. The van der Waals surface area contributed by atoms with Crippen molar-refractivity contribution in [2.45, 2.75) is 13.0 Å². The highest BCUT2D eigenvalue weighted by Gasteiger charge is 2.17. The Bertz CT molecular complexity index is 849. The molecule has 8 nitrogen and oxygen atoms in total. The van der Waals surface area contributed by atoms with Crippen molar-refractivity contribution in [1.29, 1.82) is 0 Å². The van der Waals surface area contributed by atoms with Crippen LogP contribution in [0.25, 0.3) is 0 Å². The Labute approximate surface area is 159 Å². The van der Waals surface area contributed by atoms with Crippen molar-refractivity contribution in [3.8, 4) is 5.75 Å². The van der Waals surface area contributed by atoms with Crippen molar-refractivity contribution >= 4 is 29.3 Å². The summed E-state index contributed by atoms with van der Waals surface area (Å²) < 4.78 is 18.7. The SMILES string of the molecule is C[C@H](Oc1ccccc1F)C(=O)NNC(=O)CNC(=O)c1cc(Cl)ccn1. The molecule has 1 aromatic carbocycles. The number of para-hydroxylation sites is 1. The fraction of sp³-hybridized carbons (Fsp3) is 0.176. The van der Waals surface area contributed by atoms with Crippen LogP contribution in [0.2, 0.25) is 5.02 Å². The second-order valence-electron chi connectivity index (χ2n) is 5.27. The lowest BCUT2D eigenvalue weighted by molar-refractivity contribution is -0.132. The molecule has 0 spiro atoms. The van der Waals surface area contributed by atoms with Gasteiger partial charge in [0, 0.05) is 11.2 Å². The summed E-state index contributed by atoms with van der Waals surface area (Å²) in [5.74, 6) is -2.69. The molecule has 0 radical (unpaired) electrons. The van der Waals surface area contributed by atoms with Gasteiger partial charge in [-0.05, 0) is 31.2 Å². The molecule has 0 fully saturated rings. The Kier molecular flexibility index (Phi) is 7.07. The van der Waals surface area contributed by atoms with E-state index in [0.29, 0.717) is 5.02 Å². The maximum absolute atomic E-state index is 13.5. The molecule has 3 N–H and O–H groups in total. The molecule has 0 aliphatic carbocycles. The molecule has 1 aromatic heterocycles. The molecule has 0 aliphatic rings. The van der Waals surface area contributed by atoms with E-state index in [-0.39, 0.29) is 11.4 Å². The summed E-state index contributed by atoms with van der Waals surface area (Å²) in [6, 6.07) is 8.46. The van der Waals surface area contributed by atoms with E-state index in [1.165, 1.54) is 43.5 Å². The standard InChI is InChI=1S/C17H16ClFN4O4/c1-10(27-14-5-3-2-4-12(14)19)16(25)23-22-15(24)9-21-17(26)13-8-11(18)6-7-20-13/h2-8,10H,9H2,1H3,(H,21,26)(H,22,24)(H,23,25)/t10-/m0/s1. The van der Waals surface area contributed by atoms with E-state index < -0.39 is 36.2 Å². The molecule has 0 saturated heterocycles. The van der Waals surface area contributed by atoms with Gasteiger partial charge >= 0.3 is 0 Å². The van der Waals surface area contributed by atoms with E-state index in [9.17, 15) is 18.8 Å². The average molecular weight is 395 g/mol. The van der Waals surface area contributed by atoms with E-state index in [1.54, 1.807) is 6.07 Å². The first kappa shape index (κ1) is 20.1. The van der Waals surface area contributed by atoms with Crippen LogP contribution >= 0.6 is 11.6 Å². The van der Waals surface area contributed by atoms with Crippen molar-refractivity contribution in [2.75, 3.05) is 6.54 Å². The topological polar surface area (TPSA) is 109 Å². The number of ether oxygens (including phenoxy) is 1. The molecule has 0 unspecified atom stereocenters. The highest BCUT2D eigenvalue weighted by Crippen LogP contribution is 2.16. The van der Waals surface area contributed by atoms with Crippen molar-refractivity contribution in [3.05, 3.63) is 59.1 Å². The van der Waals surface area contributed by atoms with E-state index in [4.69, 9.17) is 16.3 Å². The Morgan fingerprint density at radius 1 is 1.22 bits per heavy atom. The zero-order chi connectivity index (χ0) is 19.8. The normalized spacial score (nSPS) is 11.2. The van der Waals surface area contributed by atoms with Crippen LogP contribution in [0.1, 0.15) is 17.4 Å². The van der Waals surface area contributed by atoms with E-state index >= 15 is 0 Å². The van der Waals surface area contributed by atoms with Crippen LogP contribution in [-0.4, -0.2) is 35.4 Å². The minimum absolute atomic E-state index is 0.0474. The summed E-state index contributed by atoms with van der Waals surface area (Å²) in [5.41, 5.74) is 4.28. The lowest BCUT2D eigenvalue weighted by Crippen LogP contribution is -2.50. The van der Waals surface area contributed by atoms with Crippen molar-refractivity contribution in [1.82, 2.24) is 21.2 Å². The predicted octanol–water partition coefficient (Wildman–Crippen LogP) is 1.22. The molecule has 0 aliphatic heterocycles. The van der Waals surface area contributed by atoms with Crippen LogP contribution in [0.4, 0.5) is 4.39 Å². The van der Waals surface area contributed by atoms with Gasteiger partial charge in [0.15, 0.2) is 17.7 Å². The molecule has 142 valence electrons. The van der Waals surface area contributed by atoms with Gasteiger partial charge < -0.3 is 10.1 Å². The van der Waals surface area contributed by atoms with Crippen LogP contribution in [0.15, 0.2) is 42.6 Å². The molecular formula is C17H16ClFN4O4. The van der Waals surface area contributed by atoms with E-state index in [2.05, 4.69) is 21.2 Å². The Morgan fingerprint density at radius 2 is 1.96 bits per heavy atom. The quantitative estimate of drug-likeness (QED) is 0.638. The number of nitrogens with zero attached hydrogens (tertiary/aromatic N) is 1. The zero-order valence-corrected chi connectivity index (χ0v) is 14.9. The Balaban J connectivity index is 1.75. The number of rotatable bonds is 6. The monoisotopic (exact) mass is 394 g/mol. The summed E-state index contributed by atoms with van der Waals surface area (Å²) in [7, 11) is 0. The molecule has 1 heterocycles. The maximum atomic E-state index is 13.5. The maximum Gasteiger partial charge on any atom is 0.279 e. The molecule has 10 heteroatoms. The number of hydrazine groups is 1. The van der Waals surface area contributed by atoms with Gasteiger partial charge in [-0.3, -0.25) is 30.2 Å². The molecule has 3 amide bonds. The largest absolute Gasteiger partial charge is 0.478 e. The van der Waals surface area contributed by atoms with Crippen molar-refractivity contribution in [2.24, 2.45) is 0 Å². The average Bonchev–Trinajstić information content (AvgIpc) is 2.65. The molecule has 27 heavy (non-hydrogen) atoms. The fourth-order valence-corrected chi connectivity index (χ4v) is 2.00. The lowest BCUT2D eigenvalue weighted by atomic mass is 10.3. The van der Waals surface area contributed by atoms with Gasteiger partial charge in [0.1, 0.15) is 5.69 Å². The number of carbonyl (C=O) groups is 3. The zero-order valence-electron chi connectivity index (χ0n) is 14.2. The third-order valence-corrected chi connectivity index (χ3v) is 3.43. The van der Waals surface area contributed by atoms with Gasteiger partial charge in [-0.25, -0.2) is 4.39 Å². The molecular weight excluding hydrogens is 379 g/mol. The molecule has 0 saturated carbocycles. The highest BCUT2D eigenvalue weighted by atomic mass is 35.5. The Hall–Kier alpha value is -3.20. The smallest absolute Gasteiger partial charge is 0.279 e. The highest BCUT2D eigenvalue weighted by molar-refractivity contribution is 6.30. The van der Waals surface area contributed by atoms with Crippen LogP contribution < -0.4 is 20.9 Å². The first-order chi connectivity index (χ1) is 12.9. The van der Waals surface area contributed by atoms with Crippen molar-refractivity contribution in [3.63, 3.8) is 0 Å². The first-order valence-electron chi connectivity index (χ1n) is 7.76. The predicted molar refractivity (Wildman–Crippen MR) is 94.4 cm³/mol. The van der Waals surface area contributed by atoms with E-state index in [1.807, 2.05) is 0 Å². The van der Waals surface area contributed by atoms with Gasteiger partial charge in [-0.2, -0.15) is 0 Å². The van der Waals surface area contributed by atoms with Gasteiger partial charge in [0.2, 0.25) is 0 Å². The number of halogens is 2. The summed E-state index contributed by atoms with van der Waals surface area (Å²) in [6.45, 7) is 0.983. The second-order valence-corrected chi connectivity index (χ2v) is 5.71. The van der Waals surface area contributed by atoms with E-state index in [0.717, 1.165) is 0 Å². The molecule has 2 rings (SSSR count). The summed E-state index contributed by atoms with van der Waals surface area (Å²) >= 11 is 5.75. The summed E-state index contributed by atoms with van der Waals surface area (Å²) in [6.07, 6.45) is 0.293. The number of pyridine rings is 1. The van der Waals surface area contributed by atoms with Crippen LogP contribution in [-0.2, 0) is 9.59 Å². The lowest BCUT2D eigenvalue weighted by Gasteiger charge is -2.15. The minimum Gasteiger partial charge on any atom is -0.478 e. The minimum atomic E-state index is -1.06. The number of hydrogen-bond donors (Lipinski definition) is 3. The first-order valence-corrected chi connectivity index (χ1v) is 8.14. The fourth-order valence-electron chi connectivity index (χ4n) is 1.84. The number of amides is 3. The third-order valence-electron chi connectivity index (χ3n) is 3.20. The summed E-state index contributed by atoms with van der Waals surface area (Å²) in [5, 5.41) is 2.65. The third kappa shape index (κ3) is 6.23. The van der Waals surface area contributed by atoms with Gasteiger partial charge in [0.05, 0.1) is 6.54 Å². The number of hydrogen-bond acceptors (Lipinski definition) is 5. The van der Waals surface area contributed by atoms with Gasteiger partial charge in [-0.1, -0.05) is 23.7 Å². The molecule has 0 bridgehead atoms. The van der Waals surface area contributed by atoms with Crippen LogP contribution in [0.3, 0.4) is 0 Å². The molecule has 1 atom stereocenters. The summed E-state index contributed by atoms with van der Waals surface area (Å²) in [4.78, 5) is 39.2. The Morgan fingerprint density at radius 3 is 2.67 bits per heavy atom. The molecule has 2 aromatic rings. The number of aromatic nitrogens is 1. The number of benzene rings is 1. The second kappa shape index (κ2) is 9.48. The van der Waals surface area contributed by atoms with Crippen molar-refractivity contribution < 1.29 is 23.5 Å².